The highest BCUT2D eigenvalue weighted by Crippen LogP contribution is 2.58. The van der Waals surface area contributed by atoms with Crippen LogP contribution in [0.5, 0.6) is 6.01 Å². The molecule has 0 aromatic carbocycles. The van der Waals surface area contributed by atoms with Crippen molar-refractivity contribution in [2.24, 2.45) is 0 Å². The highest BCUT2D eigenvalue weighted by atomic mass is 32.2. The Morgan fingerprint density at radius 3 is 2.80 bits per heavy atom. The van der Waals surface area contributed by atoms with E-state index in [0.717, 1.165) is 21.8 Å². The van der Waals surface area contributed by atoms with E-state index in [1.807, 2.05) is 29.8 Å². The highest BCUT2D eigenvalue weighted by Gasteiger charge is 2.53. The predicted molar refractivity (Wildman–Crippen MR) is 158 cm³/mol. The number of likely N-dealkylation sites (tertiary alicyclic amines) is 1. The molecule has 3 atom stereocenters. The van der Waals surface area contributed by atoms with E-state index in [2.05, 4.69) is 21.0 Å². The van der Waals surface area contributed by atoms with Crippen molar-refractivity contribution in [3.63, 3.8) is 0 Å². The predicted octanol–water partition coefficient (Wildman–Crippen LogP) is 3.69. The molecule has 3 aliphatic heterocycles. The van der Waals surface area contributed by atoms with Crippen LogP contribution in [-0.2, 0) is 10.5 Å². The fraction of sp³-hybridized carbons (Fsp3) is 0.481. The third kappa shape index (κ3) is 4.69. The average molecular weight is 600 g/mol. The molecule has 0 radical (unpaired) electrons. The lowest BCUT2D eigenvalue weighted by Crippen LogP contribution is -2.57. The standard InChI is InChI=1S/C27H31F2N9OS2/c1-14(17-5-4-6-33-22(17)31)37(3)24-21(29)25(35-26(34-24)39-10-16-7-15(28)9-36(16)2)38-12-27(13-38)20-18(8-30)23(32)41-19(20)11-40-27/h4-6,14-16H,7,9-13,32H2,1-3H3,(H2,31,33)/t14-,15-,16+/m1/s1. The number of alkyl halides is 1. The van der Waals surface area contributed by atoms with Gasteiger partial charge >= 0.3 is 6.01 Å². The second kappa shape index (κ2) is 10.5. The number of fused-ring (bicyclic) bond motifs is 2. The zero-order chi connectivity index (χ0) is 29.1. The minimum atomic E-state index is -0.915. The highest BCUT2D eigenvalue weighted by molar-refractivity contribution is 8.00. The number of nitriles is 1. The van der Waals surface area contributed by atoms with Crippen LogP contribution in [0.3, 0.4) is 0 Å². The molecule has 14 heteroatoms. The molecule has 3 aromatic heterocycles. The molecule has 3 aromatic rings. The average Bonchev–Trinajstić information content (AvgIpc) is 3.56. The number of anilines is 4. The number of halogens is 2. The molecule has 0 unspecified atom stereocenters. The molecular formula is C27H31F2N9OS2. The number of hydrogen-bond donors (Lipinski definition) is 2. The van der Waals surface area contributed by atoms with Crippen LogP contribution < -0.4 is 26.0 Å². The summed E-state index contributed by atoms with van der Waals surface area (Å²) in [5, 5.41) is 10.3. The van der Waals surface area contributed by atoms with Crippen molar-refractivity contribution in [1.82, 2.24) is 19.9 Å². The Balaban J connectivity index is 1.32. The maximum atomic E-state index is 16.3. The molecule has 6 rings (SSSR count). The maximum Gasteiger partial charge on any atom is 0.320 e. The molecule has 3 aliphatic rings. The van der Waals surface area contributed by atoms with E-state index in [1.165, 1.54) is 11.3 Å². The summed E-state index contributed by atoms with van der Waals surface area (Å²) in [6, 6.07) is 5.41. The Hall–Kier alpha value is -3.41. The van der Waals surface area contributed by atoms with E-state index in [1.54, 1.807) is 36.0 Å². The zero-order valence-corrected chi connectivity index (χ0v) is 24.6. The van der Waals surface area contributed by atoms with Gasteiger partial charge in [-0.2, -0.15) is 19.6 Å². The summed E-state index contributed by atoms with van der Waals surface area (Å²) < 4.78 is 35.9. The Morgan fingerprint density at radius 2 is 2.12 bits per heavy atom. The number of aromatic nitrogens is 3. The number of rotatable bonds is 7. The zero-order valence-electron chi connectivity index (χ0n) is 23.0. The summed E-state index contributed by atoms with van der Waals surface area (Å²) in [4.78, 5) is 19.7. The lowest BCUT2D eigenvalue weighted by Gasteiger charge is -2.48. The number of thioether (sulfide) groups is 1. The molecule has 4 N–H and O–H groups in total. The summed E-state index contributed by atoms with van der Waals surface area (Å²) in [7, 11) is 3.59. The van der Waals surface area contributed by atoms with Crippen molar-refractivity contribution >= 4 is 45.6 Å². The Kier molecular flexibility index (Phi) is 7.07. The van der Waals surface area contributed by atoms with Crippen molar-refractivity contribution in [3.05, 3.63) is 45.7 Å². The van der Waals surface area contributed by atoms with Gasteiger partial charge < -0.3 is 26.0 Å². The van der Waals surface area contributed by atoms with Gasteiger partial charge in [0, 0.05) is 60.7 Å². The molecule has 1 spiro atoms. The minimum Gasteiger partial charge on any atom is -0.462 e. The van der Waals surface area contributed by atoms with E-state index in [4.69, 9.17) is 16.2 Å². The maximum absolute atomic E-state index is 16.3. The summed E-state index contributed by atoms with van der Waals surface area (Å²) in [5.74, 6) is 0.711. The van der Waals surface area contributed by atoms with Crippen LogP contribution in [0.4, 0.5) is 31.2 Å². The number of thiophene rings is 1. The normalized spacial score (nSPS) is 21.9. The van der Waals surface area contributed by atoms with E-state index in [9.17, 15) is 9.65 Å². The van der Waals surface area contributed by atoms with Gasteiger partial charge in [0.05, 0.1) is 16.4 Å². The lowest BCUT2D eigenvalue weighted by molar-refractivity contribution is 0.187. The van der Waals surface area contributed by atoms with Gasteiger partial charge in [0.2, 0.25) is 5.82 Å². The van der Waals surface area contributed by atoms with Crippen molar-refractivity contribution in [2.45, 2.75) is 42.1 Å². The summed E-state index contributed by atoms with van der Waals surface area (Å²) in [6.07, 6.45) is 1.04. The second-order valence-electron chi connectivity index (χ2n) is 10.9. The largest absolute Gasteiger partial charge is 0.462 e. The number of nitrogens with two attached hydrogens (primary N) is 2. The van der Waals surface area contributed by atoms with Crippen LogP contribution in [0, 0.1) is 17.1 Å². The van der Waals surface area contributed by atoms with Gasteiger partial charge in [-0.3, -0.25) is 4.90 Å². The molecule has 41 heavy (non-hydrogen) atoms. The molecule has 2 fully saturated rings. The number of nitrogens with zero attached hydrogens (tertiary/aromatic N) is 7. The van der Waals surface area contributed by atoms with Crippen LogP contribution in [0.25, 0.3) is 0 Å². The number of ether oxygens (including phenoxy) is 1. The molecule has 0 amide bonds. The quantitative estimate of drug-likeness (QED) is 0.412. The van der Waals surface area contributed by atoms with Gasteiger partial charge in [-0.1, -0.05) is 6.07 Å². The van der Waals surface area contributed by atoms with Gasteiger partial charge in [0.15, 0.2) is 11.6 Å². The topological polar surface area (TPSA) is 133 Å². The molecule has 0 saturated carbocycles. The van der Waals surface area contributed by atoms with E-state index in [0.29, 0.717) is 42.4 Å². The van der Waals surface area contributed by atoms with Crippen LogP contribution in [0.1, 0.15) is 41.0 Å². The number of hydrogen-bond acceptors (Lipinski definition) is 12. The van der Waals surface area contributed by atoms with Gasteiger partial charge in [-0.05, 0) is 26.5 Å². The van der Waals surface area contributed by atoms with E-state index in [-0.39, 0.29) is 41.1 Å². The molecule has 0 aliphatic carbocycles. The number of nitrogen functional groups attached to an aromatic ring is 2. The monoisotopic (exact) mass is 599 g/mol. The first kappa shape index (κ1) is 27.7. The number of pyridine rings is 1. The van der Waals surface area contributed by atoms with E-state index < -0.39 is 12.0 Å². The van der Waals surface area contributed by atoms with Crippen LogP contribution in [0.15, 0.2) is 18.3 Å². The first-order valence-corrected chi connectivity index (χ1v) is 15.1. The van der Waals surface area contributed by atoms with E-state index >= 15 is 4.39 Å². The van der Waals surface area contributed by atoms with Gasteiger partial charge in [0.1, 0.15) is 29.7 Å². The first-order valence-electron chi connectivity index (χ1n) is 13.3. The number of likely N-dealkylation sites (N-methyl/N-ethyl adjacent to an activating group) is 1. The third-order valence-electron chi connectivity index (χ3n) is 8.32. The van der Waals surface area contributed by atoms with Crippen molar-refractivity contribution in [2.75, 3.05) is 61.6 Å². The van der Waals surface area contributed by atoms with Crippen molar-refractivity contribution < 1.29 is 13.5 Å². The second-order valence-corrected chi connectivity index (χ2v) is 13.4. The minimum absolute atomic E-state index is 0.0172. The fourth-order valence-electron chi connectivity index (χ4n) is 5.90. The van der Waals surface area contributed by atoms with Crippen LogP contribution in [-0.4, -0.2) is 72.4 Å². The molecule has 216 valence electrons. The Morgan fingerprint density at radius 1 is 1.34 bits per heavy atom. The summed E-state index contributed by atoms with van der Waals surface area (Å²) in [6.45, 7) is 3.34. The molecule has 6 heterocycles. The molecule has 0 bridgehead atoms. The smallest absolute Gasteiger partial charge is 0.320 e. The molecule has 10 nitrogen and oxygen atoms in total. The third-order valence-corrected chi connectivity index (χ3v) is 11.0. The Labute approximate surface area is 245 Å². The molecule has 2 saturated heterocycles. The SMILES string of the molecule is C[C@H](c1cccnc1N)N(C)c1nc(OC[C@@H]2C[C@@H](F)CN2C)nc(N2CC3(C2)SCc2sc(N)c(C#N)c23)c1F. The lowest BCUT2D eigenvalue weighted by atomic mass is 9.88. The Bertz CT molecular complexity index is 1520. The van der Waals surface area contributed by atoms with Crippen molar-refractivity contribution in [1.29, 1.82) is 5.26 Å². The summed E-state index contributed by atoms with van der Waals surface area (Å²) >= 11 is 3.20. The summed E-state index contributed by atoms with van der Waals surface area (Å²) in [5.41, 5.74) is 14.5. The fourth-order valence-corrected chi connectivity index (χ4v) is 8.71. The van der Waals surface area contributed by atoms with Crippen LogP contribution >= 0.6 is 23.1 Å². The van der Waals surface area contributed by atoms with Gasteiger partial charge in [-0.15, -0.1) is 23.1 Å². The van der Waals surface area contributed by atoms with Gasteiger partial charge in [-0.25, -0.2) is 9.37 Å². The van der Waals surface area contributed by atoms with Gasteiger partial charge in [0.25, 0.3) is 0 Å². The molecular weight excluding hydrogens is 568 g/mol. The van der Waals surface area contributed by atoms with Crippen molar-refractivity contribution in [3.8, 4) is 12.1 Å². The first-order chi connectivity index (χ1) is 19.6. The van der Waals surface area contributed by atoms with Crippen LogP contribution in [0.2, 0.25) is 0 Å².